The summed E-state index contributed by atoms with van der Waals surface area (Å²) in [5.41, 5.74) is 0.898. The van der Waals surface area contributed by atoms with E-state index in [1.54, 1.807) is 44.8 Å². The zero-order chi connectivity index (χ0) is 17.4. The molecule has 0 aliphatic heterocycles. The van der Waals surface area contributed by atoms with Gasteiger partial charge in [-0.2, -0.15) is 0 Å². The van der Waals surface area contributed by atoms with E-state index in [9.17, 15) is 4.79 Å². The molecule has 0 saturated heterocycles. The highest BCUT2D eigenvalue weighted by Crippen LogP contribution is 2.27. The van der Waals surface area contributed by atoms with Crippen LogP contribution in [-0.4, -0.2) is 32.4 Å². The van der Waals surface area contributed by atoms with Gasteiger partial charge in [0.2, 0.25) is 6.10 Å². The summed E-state index contributed by atoms with van der Waals surface area (Å²) in [6, 6.07) is 9.32. The number of hydrogen-bond donors (Lipinski definition) is 1. The Balaban J connectivity index is 1.83. The summed E-state index contributed by atoms with van der Waals surface area (Å²) >= 11 is 1.54. The maximum atomic E-state index is 12.0. The average Bonchev–Trinajstić information content (AvgIpc) is 3.12. The Hall–Kier alpha value is -2.54. The Morgan fingerprint density at radius 1 is 1.29 bits per heavy atom. The van der Waals surface area contributed by atoms with Crippen LogP contribution in [0.15, 0.2) is 40.9 Å². The summed E-state index contributed by atoms with van der Waals surface area (Å²) in [6.45, 7) is 2.01. The van der Waals surface area contributed by atoms with Crippen molar-refractivity contribution in [2.75, 3.05) is 14.2 Å². The first kappa shape index (κ1) is 17.8. The Kier molecular flexibility index (Phi) is 6.62. The molecule has 1 atom stereocenters. The van der Waals surface area contributed by atoms with Crippen LogP contribution in [-0.2, 0) is 16.2 Å². The monoisotopic (exact) mass is 348 g/mol. The fraction of sp³-hybridized carbons (Fsp3) is 0.294. The van der Waals surface area contributed by atoms with Gasteiger partial charge in [-0.3, -0.25) is 4.79 Å². The normalized spacial score (nSPS) is 12.0. The van der Waals surface area contributed by atoms with Gasteiger partial charge in [0.1, 0.15) is 0 Å². The molecule has 7 heteroatoms. The van der Waals surface area contributed by atoms with Crippen molar-refractivity contribution in [2.24, 2.45) is 5.16 Å². The first-order chi connectivity index (χ1) is 11.6. The minimum absolute atomic E-state index is 0.242. The molecule has 1 N–H and O–H groups in total. The standard InChI is InChI=1S/C17H20N2O4S/c1-12(23-19-11-14-5-4-8-24-14)17(20)18-10-13-6-7-15(21-2)16(9-13)22-3/h4-9,11-12H,10H2,1-3H3,(H,18,20)/b19-11+. The molecule has 1 aromatic heterocycles. The molecule has 128 valence electrons. The van der Waals surface area contributed by atoms with E-state index in [1.165, 1.54) is 0 Å². The van der Waals surface area contributed by atoms with Gasteiger partial charge in [-0.1, -0.05) is 17.3 Å². The second-order valence-corrected chi connectivity index (χ2v) is 5.88. The molecule has 0 fully saturated rings. The lowest BCUT2D eigenvalue weighted by atomic mass is 10.2. The summed E-state index contributed by atoms with van der Waals surface area (Å²) in [5.74, 6) is 1.02. The lowest BCUT2D eigenvalue weighted by molar-refractivity contribution is -0.131. The molecular weight excluding hydrogens is 328 g/mol. The van der Waals surface area contributed by atoms with Crippen LogP contribution in [0.3, 0.4) is 0 Å². The van der Waals surface area contributed by atoms with Crippen LogP contribution in [0.2, 0.25) is 0 Å². The van der Waals surface area contributed by atoms with Crippen molar-refractivity contribution in [3.8, 4) is 11.5 Å². The van der Waals surface area contributed by atoms with Gasteiger partial charge in [0.15, 0.2) is 11.5 Å². The van der Waals surface area contributed by atoms with Gasteiger partial charge in [-0.05, 0) is 36.1 Å². The van der Waals surface area contributed by atoms with Crippen molar-refractivity contribution >= 4 is 23.5 Å². The first-order valence-corrected chi connectivity index (χ1v) is 8.23. The van der Waals surface area contributed by atoms with E-state index in [1.807, 2.05) is 29.6 Å². The van der Waals surface area contributed by atoms with Crippen LogP contribution >= 0.6 is 11.3 Å². The second-order valence-electron chi connectivity index (χ2n) is 4.90. The van der Waals surface area contributed by atoms with Crippen LogP contribution in [0.25, 0.3) is 0 Å². The second kappa shape index (κ2) is 8.93. The SMILES string of the molecule is COc1ccc(CNC(=O)C(C)O/N=C/c2cccs2)cc1OC. The average molecular weight is 348 g/mol. The number of nitrogens with zero attached hydrogens (tertiary/aromatic N) is 1. The number of amides is 1. The van der Waals surface area contributed by atoms with Crippen molar-refractivity contribution in [3.63, 3.8) is 0 Å². The van der Waals surface area contributed by atoms with Gasteiger partial charge in [-0.15, -0.1) is 11.3 Å². The Morgan fingerprint density at radius 3 is 2.75 bits per heavy atom. The number of thiophene rings is 1. The van der Waals surface area contributed by atoms with Crippen LogP contribution in [0.5, 0.6) is 11.5 Å². The number of oxime groups is 1. The minimum atomic E-state index is -0.679. The lowest BCUT2D eigenvalue weighted by Gasteiger charge is -2.12. The molecule has 1 aromatic carbocycles. The van der Waals surface area contributed by atoms with E-state index in [2.05, 4.69) is 10.5 Å². The predicted molar refractivity (Wildman–Crippen MR) is 93.9 cm³/mol. The Bertz CT molecular complexity index is 686. The van der Waals surface area contributed by atoms with Gasteiger partial charge in [0.05, 0.1) is 20.4 Å². The lowest BCUT2D eigenvalue weighted by Crippen LogP contribution is -2.33. The molecule has 2 aromatic rings. The first-order valence-electron chi connectivity index (χ1n) is 7.35. The number of methoxy groups -OCH3 is 2. The summed E-state index contributed by atoms with van der Waals surface area (Å²) in [4.78, 5) is 18.2. The maximum Gasteiger partial charge on any atom is 0.263 e. The highest BCUT2D eigenvalue weighted by molar-refractivity contribution is 7.11. The Labute approximate surface area is 145 Å². The van der Waals surface area contributed by atoms with Crippen molar-refractivity contribution < 1.29 is 19.1 Å². The topological polar surface area (TPSA) is 69.2 Å². The zero-order valence-electron chi connectivity index (χ0n) is 13.8. The molecule has 0 aliphatic rings. The van der Waals surface area contributed by atoms with E-state index in [4.69, 9.17) is 14.3 Å². The quantitative estimate of drug-likeness (QED) is 0.588. The van der Waals surface area contributed by atoms with Crippen LogP contribution < -0.4 is 14.8 Å². The molecule has 6 nitrogen and oxygen atoms in total. The summed E-state index contributed by atoms with van der Waals surface area (Å²) in [7, 11) is 3.15. The van der Waals surface area contributed by atoms with Crippen LogP contribution in [0.4, 0.5) is 0 Å². The third-order valence-electron chi connectivity index (χ3n) is 3.23. The van der Waals surface area contributed by atoms with Gasteiger partial charge < -0.3 is 19.6 Å². The molecule has 1 unspecified atom stereocenters. The van der Waals surface area contributed by atoms with E-state index in [0.717, 1.165) is 10.4 Å². The van der Waals surface area contributed by atoms with Crippen LogP contribution in [0.1, 0.15) is 17.4 Å². The molecule has 0 radical (unpaired) electrons. The number of carbonyl (C=O) groups is 1. The van der Waals surface area contributed by atoms with Crippen LogP contribution in [0, 0.1) is 0 Å². The minimum Gasteiger partial charge on any atom is -0.493 e. The molecule has 1 heterocycles. The molecule has 2 rings (SSSR count). The van der Waals surface area contributed by atoms with Gasteiger partial charge in [0, 0.05) is 11.4 Å². The number of benzene rings is 1. The maximum absolute atomic E-state index is 12.0. The number of rotatable bonds is 8. The molecule has 0 bridgehead atoms. The smallest absolute Gasteiger partial charge is 0.263 e. The van der Waals surface area contributed by atoms with Crippen molar-refractivity contribution in [3.05, 3.63) is 46.2 Å². The molecule has 0 saturated carbocycles. The largest absolute Gasteiger partial charge is 0.493 e. The fourth-order valence-corrected chi connectivity index (χ4v) is 2.49. The van der Waals surface area contributed by atoms with E-state index in [-0.39, 0.29) is 5.91 Å². The molecule has 24 heavy (non-hydrogen) atoms. The number of carbonyl (C=O) groups excluding carboxylic acids is 1. The highest BCUT2D eigenvalue weighted by Gasteiger charge is 2.14. The van der Waals surface area contributed by atoms with Crippen molar-refractivity contribution in [1.82, 2.24) is 5.32 Å². The van der Waals surface area contributed by atoms with E-state index < -0.39 is 6.10 Å². The molecule has 0 spiro atoms. The van der Waals surface area contributed by atoms with Gasteiger partial charge in [-0.25, -0.2) is 0 Å². The van der Waals surface area contributed by atoms with E-state index >= 15 is 0 Å². The highest BCUT2D eigenvalue weighted by atomic mass is 32.1. The summed E-state index contributed by atoms with van der Waals surface area (Å²) in [6.07, 6.45) is 0.907. The Morgan fingerprint density at radius 2 is 2.08 bits per heavy atom. The van der Waals surface area contributed by atoms with Crippen molar-refractivity contribution in [1.29, 1.82) is 0 Å². The third-order valence-corrected chi connectivity index (χ3v) is 4.03. The predicted octanol–water partition coefficient (Wildman–Crippen LogP) is 2.82. The third kappa shape index (κ3) is 4.99. The molecular formula is C17H20N2O4S. The summed E-state index contributed by atoms with van der Waals surface area (Å²) in [5, 5.41) is 8.57. The zero-order valence-corrected chi connectivity index (χ0v) is 14.6. The number of ether oxygens (including phenoxy) is 2. The summed E-state index contributed by atoms with van der Waals surface area (Å²) < 4.78 is 10.4. The molecule has 1 amide bonds. The van der Waals surface area contributed by atoms with Crippen molar-refractivity contribution in [2.45, 2.75) is 19.6 Å². The fourth-order valence-electron chi connectivity index (χ4n) is 1.91. The van der Waals surface area contributed by atoms with Gasteiger partial charge in [0.25, 0.3) is 5.91 Å². The molecule has 0 aliphatic carbocycles. The van der Waals surface area contributed by atoms with E-state index in [0.29, 0.717) is 18.0 Å². The number of nitrogens with one attached hydrogen (secondary N) is 1. The van der Waals surface area contributed by atoms with Gasteiger partial charge >= 0.3 is 0 Å². The number of hydrogen-bond acceptors (Lipinski definition) is 6.